The smallest absolute Gasteiger partial charge is 0.227 e. The van der Waals surface area contributed by atoms with Gasteiger partial charge < -0.3 is 14.3 Å². The molecule has 1 aromatic rings. The Morgan fingerprint density at radius 1 is 1.08 bits per heavy atom. The van der Waals surface area contributed by atoms with Crippen molar-refractivity contribution in [1.82, 2.24) is 15.0 Å². The molecule has 1 saturated carbocycles. The van der Waals surface area contributed by atoms with Gasteiger partial charge in [0.15, 0.2) is 0 Å². The van der Waals surface area contributed by atoms with Crippen LogP contribution in [0.25, 0.3) is 0 Å². The number of hydrogen-bond donors (Lipinski definition) is 0. The van der Waals surface area contributed by atoms with Crippen molar-refractivity contribution < 1.29 is 9.32 Å². The number of hydrogen-bond acceptors (Lipinski definition) is 4. The lowest BCUT2D eigenvalue weighted by Crippen LogP contribution is -2.37. The van der Waals surface area contributed by atoms with Crippen molar-refractivity contribution >= 4 is 5.91 Å². The summed E-state index contributed by atoms with van der Waals surface area (Å²) in [5.74, 6) is 1.86. The molecule has 1 aliphatic heterocycles. The molecule has 0 aromatic carbocycles. The third kappa shape index (κ3) is 4.38. The van der Waals surface area contributed by atoms with Gasteiger partial charge in [-0.25, -0.2) is 0 Å². The summed E-state index contributed by atoms with van der Waals surface area (Å²) >= 11 is 0. The molecule has 24 heavy (non-hydrogen) atoms. The highest BCUT2D eigenvalue weighted by Gasteiger charge is 2.23. The van der Waals surface area contributed by atoms with E-state index in [0.717, 1.165) is 55.5 Å². The van der Waals surface area contributed by atoms with E-state index in [-0.39, 0.29) is 5.91 Å². The number of carbonyl (C=O) groups excluding carboxylic acids is 1. The first-order valence-corrected chi connectivity index (χ1v) is 9.55. The van der Waals surface area contributed by atoms with E-state index in [0.29, 0.717) is 6.42 Å². The number of nitrogens with zero attached hydrogens (tertiary/aromatic N) is 3. The number of aromatic nitrogens is 1. The van der Waals surface area contributed by atoms with Crippen LogP contribution in [0.3, 0.4) is 0 Å². The van der Waals surface area contributed by atoms with Gasteiger partial charge in [-0.3, -0.25) is 4.79 Å². The summed E-state index contributed by atoms with van der Waals surface area (Å²) in [7, 11) is 0. The Balaban J connectivity index is 1.50. The second-order valence-corrected chi connectivity index (χ2v) is 7.52. The normalized spacial score (nSPS) is 21.0. The third-order valence-corrected chi connectivity index (χ3v) is 5.69. The molecule has 5 nitrogen and oxygen atoms in total. The van der Waals surface area contributed by atoms with E-state index in [2.05, 4.69) is 10.1 Å². The highest BCUT2D eigenvalue weighted by molar-refractivity contribution is 5.79. The summed E-state index contributed by atoms with van der Waals surface area (Å²) in [6, 6.07) is 0. The minimum atomic E-state index is 0.212. The van der Waals surface area contributed by atoms with E-state index < -0.39 is 0 Å². The molecule has 1 aromatic heterocycles. The Bertz CT molecular complexity index is 529. The predicted octanol–water partition coefficient (Wildman–Crippen LogP) is 2.95. The van der Waals surface area contributed by atoms with Crippen molar-refractivity contribution in [2.45, 2.75) is 58.8 Å². The Labute approximate surface area is 145 Å². The van der Waals surface area contributed by atoms with Crippen LogP contribution >= 0.6 is 0 Å². The Morgan fingerprint density at radius 2 is 1.88 bits per heavy atom. The summed E-state index contributed by atoms with van der Waals surface area (Å²) < 4.78 is 5.18. The van der Waals surface area contributed by atoms with Crippen molar-refractivity contribution in [2.24, 2.45) is 5.92 Å². The van der Waals surface area contributed by atoms with Gasteiger partial charge in [-0.1, -0.05) is 24.4 Å². The fourth-order valence-corrected chi connectivity index (χ4v) is 4.16. The zero-order chi connectivity index (χ0) is 16.9. The lowest BCUT2D eigenvalue weighted by atomic mass is 9.89. The van der Waals surface area contributed by atoms with Crippen LogP contribution < -0.4 is 0 Å². The van der Waals surface area contributed by atoms with Crippen molar-refractivity contribution in [2.75, 3.05) is 32.7 Å². The maximum atomic E-state index is 12.7. The number of amides is 1. The first-order valence-electron chi connectivity index (χ1n) is 9.55. The molecule has 1 aliphatic carbocycles. The van der Waals surface area contributed by atoms with Gasteiger partial charge in [-0.05, 0) is 45.6 Å². The minimum absolute atomic E-state index is 0.212. The maximum Gasteiger partial charge on any atom is 0.227 e. The van der Waals surface area contributed by atoms with E-state index in [9.17, 15) is 4.79 Å². The van der Waals surface area contributed by atoms with Crippen LogP contribution in [0.1, 0.15) is 55.5 Å². The average Bonchev–Trinajstić information content (AvgIpc) is 2.79. The summed E-state index contributed by atoms with van der Waals surface area (Å²) in [5, 5.41) is 3.96. The van der Waals surface area contributed by atoms with Crippen LogP contribution in [0.15, 0.2) is 4.52 Å². The SMILES string of the molecule is Cc1noc(C)c1CC(=O)N1CCCN(CC2CCCCC2)CC1. The average molecular weight is 333 g/mol. The lowest BCUT2D eigenvalue weighted by molar-refractivity contribution is -0.130. The molecule has 2 heterocycles. The van der Waals surface area contributed by atoms with Gasteiger partial charge >= 0.3 is 0 Å². The van der Waals surface area contributed by atoms with Crippen molar-refractivity contribution in [1.29, 1.82) is 0 Å². The third-order valence-electron chi connectivity index (χ3n) is 5.69. The van der Waals surface area contributed by atoms with E-state index in [4.69, 9.17) is 4.52 Å². The van der Waals surface area contributed by atoms with Gasteiger partial charge in [-0.15, -0.1) is 0 Å². The molecule has 3 rings (SSSR count). The van der Waals surface area contributed by atoms with Gasteiger partial charge in [0, 0.05) is 31.7 Å². The molecule has 2 aliphatic rings. The predicted molar refractivity (Wildman–Crippen MR) is 93.9 cm³/mol. The van der Waals surface area contributed by atoms with Gasteiger partial charge in [0.1, 0.15) is 5.76 Å². The molecule has 0 atom stereocenters. The zero-order valence-electron chi connectivity index (χ0n) is 15.2. The first-order chi connectivity index (χ1) is 11.6. The monoisotopic (exact) mass is 333 g/mol. The van der Waals surface area contributed by atoms with Crippen LogP contribution in [0.5, 0.6) is 0 Å². The van der Waals surface area contributed by atoms with Gasteiger partial charge in [0.25, 0.3) is 0 Å². The van der Waals surface area contributed by atoms with Crippen LogP contribution in [-0.4, -0.2) is 53.6 Å². The second kappa shape index (κ2) is 8.15. The van der Waals surface area contributed by atoms with Gasteiger partial charge in [-0.2, -0.15) is 0 Å². The van der Waals surface area contributed by atoms with Crippen LogP contribution in [0.4, 0.5) is 0 Å². The van der Waals surface area contributed by atoms with E-state index in [1.807, 2.05) is 18.7 Å². The van der Waals surface area contributed by atoms with E-state index in [1.54, 1.807) is 0 Å². The largest absolute Gasteiger partial charge is 0.361 e. The Kier molecular flexibility index (Phi) is 5.93. The first kappa shape index (κ1) is 17.5. The molecular weight excluding hydrogens is 302 g/mol. The number of rotatable bonds is 4. The molecular formula is C19H31N3O2. The minimum Gasteiger partial charge on any atom is -0.361 e. The molecule has 0 radical (unpaired) electrons. The standard InChI is InChI=1S/C19H31N3O2/c1-15-18(16(2)24-20-15)13-19(23)22-10-6-9-21(11-12-22)14-17-7-4-3-5-8-17/h17H,3-14H2,1-2H3. The molecule has 1 amide bonds. The van der Waals surface area contributed by atoms with Crippen molar-refractivity contribution in [3.63, 3.8) is 0 Å². The molecule has 2 fully saturated rings. The Hall–Kier alpha value is -1.36. The zero-order valence-corrected chi connectivity index (χ0v) is 15.2. The number of carbonyl (C=O) groups is 1. The van der Waals surface area contributed by atoms with E-state index in [1.165, 1.54) is 38.6 Å². The number of aryl methyl sites for hydroxylation is 2. The summed E-state index contributed by atoms with van der Waals surface area (Å²) in [6.45, 7) is 8.91. The van der Waals surface area contributed by atoms with Crippen LogP contribution in [-0.2, 0) is 11.2 Å². The van der Waals surface area contributed by atoms with Crippen molar-refractivity contribution in [3.8, 4) is 0 Å². The van der Waals surface area contributed by atoms with Crippen molar-refractivity contribution in [3.05, 3.63) is 17.0 Å². The molecule has 0 spiro atoms. The summed E-state index contributed by atoms with van der Waals surface area (Å²) in [5.41, 5.74) is 1.80. The fraction of sp³-hybridized carbons (Fsp3) is 0.789. The molecule has 0 bridgehead atoms. The summed E-state index contributed by atoms with van der Waals surface area (Å²) in [6.07, 6.45) is 8.52. The lowest BCUT2D eigenvalue weighted by Gasteiger charge is -2.28. The van der Waals surface area contributed by atoms with Gasteiger partial charge in [0.05, 0.1) is 12.1 Å². The Morgan fingerprint density at radius 3 is 2.58 bits per heavy atom. The quantitative estimate of drug-likeness (QED) is 0.850. The second-order valence-electron chi connectivity index (χ2n) is 7.52. The molecule has 1 saturated heterocycles. The molecule has 5 heteroatoms. The van der Waals surface area contributed by atoms with E-state index >= 15 is 0 Å². The highest BCUT2D eigenvalue weighted by atomic mass is 16.5. The maximum absolute atomic E-state index is 12.7. The molecule has 0 unspecified atom stereocenters. The molecule has 134 valence electrons. The fourth-order valence-electron chi connectivity index (χ4n) is 4.16. The van der Waals surface area contributed by atoms with Crippen LogP contribution in [0, 0.1) is 19.8 Å². The molecule has 0 N–H and O–H groups in total. The van der Waals surface area contributed by atoms with Crippen LogP contribution in [0.2, 0.25) is 0 Å². The topological polar surface area (TPSA) is 49.6 Å². The van der Waals surface area contributed by atoms with Gasteiger partial charge in [0.2, 0.25) is 5.91 Å². The highest BCUT2D eigenvalue weighted by Crippen LogP contribution is 2.25. The summed E-state index contributed by atoms with van der Waals surface area (Å²) in [4.78, 5) is 17.3.